The summed E-state index contributed by atoms with van der Waals surface area (Å²) in [5.41, 5.74) is 2.17. The number of furan rings is 1. The number of fused-ring (bicyclic) bond motifs is 1. The first kappa shape index (κ1) is 13.1. The van der Waals surface area contributed by atoms with Gasteiger partial charge in [-0.1, -0.05) is 18.2 Å². The van der Waals surface area contributed by atoms with E-state index in [9.17, 15) is 4.79 Å². The number of thioether (sulfide) groups is 1. The lowest BCUT2D eigenvalue weighted by atomic mass is 10.0. The second kappa shape index (κ2) is 6.05. The molecule has 0 radical (unpaired) electrons. The highest BCUT2D eigenvalue weighted by atomic mass is 32.2. The van der Waals surface area contributed by atoms with E-state index in [0.717, 1.165) is 17.7 Å². The topological polar surface area (TPSA) is 54.3 Å². The second-order valence-electron chi connectivity index (χ2n) is 4.69. The van der Waals surface area contributed by atoms with Gasteiger partial charge >= 0.3 is 6.03 Å². The van der Waals surface area contributed by atoms with Gasteiger partial charge in [0.05, 0.1) is 18.6 Å². The predicted octanol–water partition coefficient (Wildman–Crippen LogP) is 3.32. The molecule has 0 spiro atoms. The van der Waals surface area contributed by atoms with Crippen LogP contribution in [0.25, 0.3) is 0 Å². The number of amides is 2. The summed E-state index contributed by atoms with van der Waals surface area (Å²) in [6, 6.07) is 10.0. The Bertz CT molecular complexity index is 583. The van der Waals surface area contributed by atoms with E-state index >= 15 is 0 Å². The highest BCUT2D eigenvalue weighted by Crippen LogP contribution is 2.35. The Labute approximate surface area is 121 Å². The number of hydrogen-bond acceptors (Lipinski definition) is 3. The van der Waals surface area contributed by atoms with Crippen molar-refractivity contribution < 1.29 is 9.21 Å². The largest absolute Gasteiger partial charge is 0.472 e. The molecule has 1 aliphatic rings. The van der Waals surface area contributed by atoms with Crippen LogP contribution in [0, 0.1) is 0 Å². The summed E-state index contributed by atoms with van der Waals surface area (Å²) in [5, 5.41) is 5.89. The summed E-state index contributed by atoms with van der Waals surface area (Å²) in [5.74, 6) is 1.03. The summed E-state index contributed by atoms with van der Waals surface area (Å²) in [7, 11) is 0. The van der Waals surface area contributed by atoms with Crippen molar-refractivity contribution in [2.75, 3.05) is 5.75 Å². The van der Waals surface area contributed by atoms with Gasteiger partial charge in [0, 0.05) is 22.8 Å². The normalized spacial score (nSPS) is 17.3. The van der Waals surface area contributed by atoms with Crippen LogP contribution >= 0.6 is 11.8 Å². The number of benzene rings is 1. The quantitative estimate of drug-likeness (QED) is 0.911. The molecule has 20 heavy (non-hydrogen) atoms. The first-order valence-electron chi connectivity index (χ1n) is 6.60. The van der Waals surface area contributed by atoms with Crippen molar-refractivity contribution in [2.45, 2.75) is 23.9 Å². The molecule has 0 fully saturated rings. The van der Waals surface area contributed by atoms with Gasteiger partial charge in [0.2, 0.25) is 0 Å². The van der Waals surface area contributed by atoms with Gasteiger partial charge in [-0.2, -0.15) is 0 Å². The molecule has 5 heteroatoms. The number of hydrogen-bond donors (Lipinski definition) is 2. The molecule has 4 nitrogen and oxygen atoms in total. The maximum absolute atomic E-state index is 12.0. The number of nitrogens with one attached hydrogen (secondary N) is 2. The first-order chi connectivity index (χ1) is 9.83. The summed E-state index contributed by atoms with van der Waals surface area (Å²) < 4.78 is 4.97. The van der Waals surface area contributed by atoms with Gasteiger partial charge < -0.3 is 15.1 Å². The average Bonchev–Trinajstić information content (AvgIpc) is 2.99. The van der Waals surface area contributed by atoms with E-state index < -0.39 is 0 Å². The van der Waals surface area contributed by atoms with Gasteiger partial charge in [-0.05, 0) is 24.1 Å². The van der Waals surface area contributed by atoms with Gasteiger partial charge in [-0.15, -0.1) is 11.8 Å². The molecule has 3 rings (SSSR count). The minimum absolute atomic E-state index is 0.0943. The minimum Gasteiger partial charge on any atom is -0.472 e. The van der Waals surface area contributed by atoms with E-state index in [1.807, 2.05) is 30.0 Å². The van der Waals surface area contributed by atoms with Crippen molar-refractivity contribution in [3.63, 3.8) is 0 Å². The third kappa shape index (κ3) is 2.99. The number of carbonyl (C=O) groups excluding carboxylic acids is 1. The van der Waals surface area contributed by atoms with Crippen LogP contribution in [-0.2, 0) is 6.54 Å². The summed E-state index contributed by atoms with van der Waals surface area (Å²) in [6.07, 6.45) is 4.19. The van der Waals surface area contributed by atoms with E-state index in [2.05, 4.69) is 22.8 Å². The lowest BCUT2D eigenvalue weighted by Crippen LogP contribution is -2.38. The van der Waals surface area contributed by atoms with Gasteiger partial charge in [-0.25, -0.2) is 4.79 Å². The molecule has 0 saturated carbocycles. The van der Waals surface area contributed by atoms with Crippen LogP contribution in [0.4, 0.5) is 4.79 Å². The Morgan fingerprint density at radius 1 is 1.35 bits per heavy atom. The van der Waals surface area contributed by atoms with E-state index in [-0.39, 0.29) is 12.1 Å². The lowest BCUT2D eigenvalue weighted by Gasteiger charge is -2.25. The van der Waals surface area contributed by atoms with Crippen molar-refractivity contribution in [1.29, 1.82) is 0 Å². The smallest absolute Gasteiger partial charge is 0.315 e. The van der Waals surface area contributed by atoms with Gasteiger partial charge in [0.25, 0.3) is 0 Å². The lowest BCUT2D eigenvalue weighted by molar-refractivity contribution is 0.236. The van der Waals surface area contributed by atoms with Crippen LogP contribution in [0.2, 0.25) is 0 Å². The van der Waals surface area contributed by atoms with E-state index in [0.29, 0.717) is 6.54 Å². The molecular formula is C15H16N2O2S. The molecule has 104 valence electrons. The summed E-state index contributed by atoms with van der Waals surface area (Å²) in [4.78, 5) is 13.2. The van der Waals surface area contributed by atoms with E-state index in [1.165, 1.54) is 10.5 Å². The maximum Gasteiger partial charge on any atom is 0.315 e. The van der Waals surface area contributed by atoms with Crippen molar-refractivity contribution in [3.05, 3.63) is 54.0 Å². The van der Waals surface area contributed by atoms with Crippen LogP contribution in [0.3, 0.4) is 0 Å². The molecule has 1 atom stereocenters. The first-order valence-corrected chi connectivity index (χ1v) is 7.58. The molecule has 0 saturated heterocycles. The Balaban J connectivity index is 1.59. The predicted molar refractivity (Wildman–Crippen MR) is 78.6 cm³/mol. The van der Waals surface area contributed by atoms with Crippen LogP contribution in [0.15, 0.2) is 52.2 Å². The monoisotopic (exact) mass is 288 g/mol. The van der Waals surface area contributed by atoms with Crippen LogP contribution in [0.1, 0.15) is 23.6 Å². The minimum atomic E-state index is -0.141. The van der Waals surface area contributed by atoms with Crippen molar-refractivity contribution in [2.24, 2.45) is 0 Å². The molecule has 2 aromatic rings. The molecule has 2 heterocycles. The number of carbonyl (C=O) groups is 1. The molecule has 2 N–H and O–H groups in total. The highest BCUT2D eigenvalue weighted by molar-refractivity contribution is 7.99. The van der Waals surface area contributed by atoms with E-state index in [1.54, 1.807) is 12.5 Å². The zero-order chi connectivity index (χ0) is 13.8. The highest BCUT2D eigenvalue weighted by Gasteiger charge is 2.21. The Morgan fingerprint density at radius 2 is 2.25 bits per heavy atom. The van der Waals surface area contributed by atoms with Crippen molar-refractivity contribution >= 4 is 17.8 Å². The molecule has 1 aliphatic heterocycles. The third-order valence-electron chi connectivity index (χ3n) is 3.30. The fraction of sp³-hybridized carbons (Fsp3) is 0.267. The standard InChI is InChI=1S/C15H16N2O2S/c18-15(16-9-11-5-7-19-10-11)17-13-6-8-20-14-4-2-1-3-12(13)14/h1-5,7,10,13H,6,8-9H2,(H2,16,17,18). The van der Waals surface area contributed by atoms with Gasteiger partial charge in [-0.3, -0.25) is 0 Å². The Morgan fingerprint density at radius 3 is 3.10 bits per heavy atom. The van der Waals surface area contributed by atoms with Crippen LogP contribution < -0.4 is 10.6 Å². The molecule has 0 bridgehead atoms. The molecule has 0 aliphatic carbocycles. The molecular weight excluding hydrogens is 272 g/mol. The zero-order valence-corrected chi connectivity index (χ0v) is 11.8. The molecule has 2 amide bonds. The summed E-state index contributed by atoms with van der Waals surface area (Å²) >= 11 is 1.85. The summed E-state index contributed by atoms with van der Waals surface area (Å²) in [6.45, 7) is 0.478. The Hall–Kier alpha value is -1.88. The average molecular weight is 288 g/mol. The van der Waals surface area contributed by atoms with Crippen LogP contribution in [0.5, 0.6) is 0 Å². The molecule has 1 aromatic heterocycles. The number of rotatable bonds is 3. The zero-order valence-electron chi connectivity index (χ0n) is 11.0. The number of urea groups is 1. The fourth-order valence-corrected chi connectivity index (χ4v) is 3.40. The van der Waals surface area contributed by atoms with E-state index in [4.69, 9.17) is 4.42 Å². The Kier molecular flexibility index (Phi) is 3.97. The second-order valence-corrected chi connectivity index (χ2v) is 5.82. The SMILES string of the molecule is O=C(NCc1ccoc1)NC1CCSc2ccccc21. The third-order valence-corrected chi connectivity index (χ3v) is 4.42. The fourth-order valence-electron chi connectivity index (χ4n) is 2.28. The maximum atomic E-state index is 12.0. The van der Waals surface area contributed by atoms with Crippen molar-refractivity contribution in [1.82, 2.24) is 10.6 Å². The van der Waals surface area contributed by atoms with Gasteiger partial charge in [0.15, 0.2) is 0 Å². The molecule has 1 unspecified atom stereocenters. The molecule has 1 aromatic carbocycles. The van der Waals surface area contributed by atoms with Crippen LogP contribution in [-0.4, -0.2) is 11.8 Å². The van der Waals surface area contributed by atoms with Crippen molar-refractivity contribution in [3.8, 4) is 0 Å². The van der Waals surface area contributed by atoms with Gasteiger partial charge in [0.1, 0.15) is 0 Å².